The fourth-order valence-electron chi connectivity index (χ4n) is 3.27. The number of carbonyl (C=O) groups is 1. The average molecular weight is 418 g/mol. The van der Waals surface area contributed by atoms with Crippen LogP contribution in [0.1, 0.15) is 41.7 Å². The third-order valence-electron chi connectivity index (χ3n) is 4.84. The second-order valence-electron chi connectivity index (χ2n) is 6.79. The molecule has 2 aromatic rings. The second kappa shape index (κ2) is 9.26. The molecule has 1 aliphatic heterocycles. The molecule has 1 fully saturated rings. The van der Waals surface area contributed by atoms with Gasteiger partial charge < -0.3 is 20.3 Å². The summed E-state index contributed by atoms with van der Waals surface area (Å²) in [5.74, 6) is -0.487. The topological polar surface area (TPSA) is 53.6 Å². The maximum atomic E-state index is 11.8. The first-order chi connectivity index (χ1) is 13.5. The zero-order valence-corrected chi connectivity index (χ0v) is 17.6. The van der Waals surface area contributed by atoms with E-state index in [9.17, 15) is 4.79 Å². The number of thiocarbonyl (C=S) groups is 1. The molecule has 1 atom stereocenters. The number of anilines is 2. The van der Waals surface area contributed by atoms with Gasteiger partial charge in [-0.25, -0.2) is 4.79 Å². The van der Waals surface area contributed by atoms with Gasteiger partial charge in [0, 0.05) is 24.5 Å². The smallest absolute Gasteiger partial charge is 0.339 e. The van der Waals surface area contributed by atoms with Gasteiger partial charge in [0.15, 0.2) is 5.11 Å². The third kappa shape index (κ3) is 4.94. The maximum Gasteiger partial charge on any atom is 0.339 e. The molecule has 0 aromatic heterocycles. The monoisotopic (exact) mass is 417 g/mol. The van der Waals surface area contributed by atoms with Gasteiger partial charge in [-0.1, -0.05) is 23.7 Å². The summed E-state index contributed by atoms with van der Waals surface area (Å²) in [5, 5.41) is 7.16. The number of carbonyl (C=O) groups excluding carboxylic acids is 1. The molecule has 0 saturated carbocycles. The number of ether oxygens (including phenoxy) is 1. The van der Waals surface area contributed by atoms with Crippen LogP contribution in [-0.4, -0.2) is 31.3 Å². The van der Waals surface area contributed by atoms with E-state index in [1.165, 1.54) is 25.6 Å². The number of methoxy groups -OCH3 is 1. The summed E-state index contributed by atoms with van der Waals surface area (Å²) in [6.45, 7) is 4.33. The Morgan fingerprint density at radius 3 is 2.50 bits per heavy atom. The van der Waals surface area contributed by atoms with Crippen LogP contribution in [-0.2, 0) is 4.74 Å². The molecule has 0 aliphatic carbocycles. The van der Waals surface area contributed by atoms with Crippen molar-refractivity contribution < 1.29 is 9.53 Å². The molecule has 0 unspecified atom stereocenters. The van der Waals surface area contributed by atoms with E-state index >= 15 is 0 Å². The van der Waals surface area contributed by atoms with Crippen molar-refractivity contribution in [3.63, 3.8) is 0 Å². The van der Waals surface area contributed by atoms with Crippen molar-refractivity contribution in [3.8, 4) is 0 Å². The molecule has 0 amide bonds. The number of nitrogens with one attached hydrogen (secondary N) is 2. The van der Waals surface area contributed by atoms with Gasteiger partial charge in [0.05, 0.1) is 23.7 Å². The fourth-order valence-corrected chi connectivity index (χ4v) is 3.76. The Balaban J connectivity index is 1.60. The highest BCUT2D eigenvalue weighted by molar-refractivity contribution is 7.80. The molecule has 28 heavy (non-hydrogen) atoms. The Morgan fingerprint density at radius 1 is 1.18 bits per heavy atom. The summed E-state index contributed by atoms with van der Waals surface area (Å²) < 4.78 is 4.74. The van der Waals surface area contributed by atoms with Crippen molar-refractivity contribution in [1.82, 2.24) is 5.32 Å². The summed E-state index contributed by atoms with van der Waals surface area (Å²) in [7, 11) is 1.32. The highest BCUT2D eigenvalue weighted by Gasteiger charge is 2.14. The van der Waals surface area contributed by atoms with E-state index in [1.54, 1.807) is 18.2 Å². The van der Waals surface area contributed by atoms with E-state index < -0.39 is 5.97 Å². The maximum absolute atomic E-state index is 11.8. The highest BCUT2D eigenvalue weighted by atomic mass is 35.5. The highest BCUT2D eigenvalue weighted by Crippen LogP contribution is 2.24. The molecule has 2 aromatic carbocycles. The summed E-state index contributed by atoms with van der Waals surface area (Å²) >= 11 is 11.5. The molecule has 148 valence electrons. The molecular weight excluding hydrogens is 394 g/mol. The van der Waals surface area contributed by atoms with Crippen molar-refractivity contribution in [1.29, 1.82) is 0 Å². The zero-order chi connectivity index (χ0) is 20.1. The number of hydrogen-bond acceptors (Lipinski definition) is 4. The summed E-state index contributed by atoms with van der Waals surface area (Å²) in [5.41, 5.74) is 3.38. The van der Waals surface area contributed by atoms with E-state index in [4.69, 9.17) is 28.6 Å². The molecule has 1 saturated heterocycles. The zero-order valence-electron chi connectivity index (χ0n) is 16.0. The van der Waals surface area contributed by atoms with Gasteiger partial charge in [-0.3, -0.25) is 0 Å². The fraction of sp³-hybridized carbons (Fsp3) is 0.333. The van der Waals surface area contributed by atoms with Gasteiger partial charge in [-0.05, 0) is 67.9 Å². The minimum absolute atomic E-state index is 0.0417. The Bertz CT molecular complexity index is 851. The number of benzene rings is 2. The average Bonchev–Trinajstić information content (AvgIpc) is 3.23. The van der Waals surface area contributed by atoms with E-state index in [0.29, 0.717) is 21.4 Å². The minimum atomic E-state index is -0.487. The van der Waals surface area contributed by atoms with E-state index in [0.717, 1.165) is 18.7 Å². The van der Waals surface area contributed by atoms with Crippen LogP contribution >= 0.6 is 23.8 Å². The van der Waals surface area contributed by atoms with Crippen LogP contribution in [0.3, 0.4) is 0 Å². The number of esters is 1. The Labute approximate surface area is 176 Å². The van der Waals surface area contributed by atoms with Crippen molar-refractivity contribution >= 4 is 46.3 Å². The molecule has 1 aliphatic rings. The normalized spacial score (nSPS) is 14.5. The predicted molar refractivity (Wildman–Crippen MR) is 118 cm³/mol. The van der Waals surface area contributed by atoms with E-state index in [2.05, 4.69) is 46.7 Å². The number of nitrogens with zero attached hydrogens (tertiary/aromatic N) is 1. The van der Waals surface area contributed by atoms with Crippen LogP contribution in [0.4, 0.5) is 11.4 Å². The van der Waals surface area contributed by atoms with Crippen molar-refractivity contribution in [2.24, 2.45) is 0 Å². The minimum Gasteiger partial charge on any atom is -0.465 e. The first kappa shape index (κ1) is 20.4. The summed E-state index contributed by atoms with van der Waals surface area (Å²) in [6, 6.07) is 13.7. The van der Waals surface area contributed by atoms with Crippen LogP contribution < -0.4 is 15.5 Å². The first-order valence-corrected chi connectivity index (χ1v) is 10.1. The lowest BCUT2D eigenvalue weighted by atomic mass is 10.1. The standard InChI is InChI=1S/C21H24ClN3O2S/c1-14(15-5-8-17(9-6-15)25-11-3-4-12-25)23-21(28)24-16-7-10-19(22)18(13-16)20(26)27-2/h5-10,13-14H,3-4,11-12H2,1-2H3,(H2,23,24,28)/t14-/m0/s1. The van der Waals surface area contributed by atoms with E-state index in [-0.39, 0.29) is 6.04 Å². The van der Waals surface area contributed by atoms with Gasteiger partial charge in [0.2, 0.25) is 0 Å². The molecule has 0 radical (unpaired) electrons. The Kier molecular flexibility index (Phi) is 6.75. The first-order valence-electron chi connectivity index (χ1n) is 9.28. The molecule has 0 spiro atoms. The largest absolute Gasteiger partial charge is 0.465 e. The molecule has 0 bridgehead atoms. The number of rotatable bonds is 5. The van der Waals surface area contributed by atoms with Gasteiger partial charge in [0.25, 0.3) is 0 Å². The summed E-state index contributed by atoms with van der Waals surface area (Å²) in [6.07, 6.45) is 2.53. The van der Waals surface area contributed by atoms with Crippen LogP contribution in [0.25, 0.3) is 0 Å². The van der Waals surface area contributed by atoms with Crippen molar-refractivity contribution in [2.45, 2.75) is 25.8 Å². The number of halogens is 1. The molecule has 3 rings (SSSR count). The molecule has 1 heterocycles. The van der Waals surface area contributed by atoms with Crippen molar-refractivity contribution in [2.75, 3.05) is 30.4 Å². The molecule has 2 N–H and O–H groups in total. The van der Waals surface area contributed by atoms with Gasteiger partial charge in [-0.2, -0.15) is 0 Å². The Morgan fingerprint density at radius 2 is 1.86 bits per heavy atom. The molecule has 5 nitrogen and oxygen atoms in total. The lowest BCUT2D eigenvalue weighted by Crippen LogP contribution is -2.31. The lowest BCUT2D eigenvalue weighted by Gasteiger charge is -2.20. The van der Waals surface area contributed by atoms with Crippen molar-refractivity contribution in [3.05, 3.63) is 58.6 Å². The molecule has 7 heteroatoms. The van der Waals surface area contributed by atoms with Crippen LogP contribution in [0.2, 0.25) is 5.02 Å². The predicted octanol–water partition coefficient (Wildman–Crippen LogP) is 4.77. The third-order valence-corrected chi connectivity index (χ3v) is 5.39. The quantitative estimate of drug-likeness (QED) is 0.539. The van der Waals surface area contributed by atoms with Crippen LogP contribution in [0.5, 0.6) is 0 Å². The van der Waals surface area contributed by atoms with Crippen LogP contribution in [0.15, 0.2) is 42.5 Å². The Hall–Kier alpha value is -2.31. The molecular formula is C21H24ClN3O2S. The van der Waals surface area contributed by atoms with Gasteiger partial charge in [0.1, 0.15) is 0 Å². The van der Waals surface area contributed by atoms with Gasteiger partial charge >= 0.3 is 5.97 Å². The summed E-state index contributed by atoms with van der Waals surface area (Å²) in [4.78, 5) is 14.2. The number of hydrogen-bond donors (Lipinski definition) is 2. The van der Waals surface area contributed by atoms with E-state index in [1.807, 2.05) is 0 Å². The van der Waals surface area contributed by atoms with Crippen LogP contribution in [0, 0.1) is 0 Å². The van der Waals surface area contributed by atoms with Gasteiger partial charge in [-0.15, -0.1) is 0 Å². The SMILES string of the molecule is COC(=O)c1cc(NC(=S)N[C@@H](C)c2ccc(N3CCCC3)cc2)ccc1Cl. The second-order valence-corrected chi connectivity index (χ2v) is 7.61. The lowest BCUT2D eigenvalue weighted by molar-refractivity contribution is 0.0601.